The van der Waals surface area contributed by atoms with Gasteiger partial charge in [0, 0.05) is 5.88 Å². The molecule has 0 nitrogen and oxygen atoms in total. The third kappa shape index (κ3) is 2.05. The molecule has 1 aromatic carbocycles. The fraction of sp³-hybridized carbons (Fsp3) is 0.500. The van der Waals surface area contributed by atoms with Gasteiger partial charge in [-0.15, -0.1) is 11.6 Å². The van der Waals surface area contributed by atoms with Crippen LogP contribution >= 0.6 is 11.6 Å². The van der Waals surface area contributed by atoms with Crippen LogP contribution in [0, 0.1) is 0 Å². The zero-order valence-electron chi connectivity index (χ0n) is 7.85. The highest BCUT2D eigenvalue weighted by molar-refractivity contribution is 6.17. The van der Waals surface area contributed by atoms with Gasteiger partial charge in [-0.2, -0.15) is 0 Å². The van der Waals surface area contributed by atoms with E-state index in [4.69, 9.17) is 11.6 Å². The lowest BCUT2D eigenvalue weighted by Gasteiger charge is -2.03. The largest absolute Gasteiger partial charge is 0.127 e. The molecule has 0 saturated carbocycles. The Bertz CT molecular complexity index is 291. The Labute approximate surface area is 84.9 Å². The number of fused-ring (bicyclic) bond motifs is 1. The maximum absolute atomic E-state index is 5.67. The molecule has 0 saturated heterocycles. The molecule has 0 aliphatic heterocycles. The first-order chi connectivity index (χ1) is 6.40. The minimum Gasteiger partial charge on any atom is -0.127 e. The van der Waals surface area contributed by atoms with Gasteiger partial charge in [-0.3, -0.25) is 0 Å². The number of aryl methyl sites for hydroxylation is 3. The average Bonchev–Trinajstić information content (AvgIpc) is 2.61. The SMILES string of the molecule is ClCCCc1ccc2c(c1)CCC2. The first-order valence-electron chi connectivity index (χ1n) is 5.07. The molecule has 1 aliphatic rings. The number of benzene rings is 1. The number of hydrogen-bond acceptors (Lipinski definition) is 0. The number of halogens is 1. The van der Waals surface area contributed by atoms with E-state index < -0.39 is 0 Å². The number of rotatable bonds is 3. The molecule has 0 unspecified atom stereocenters. The molecule has 1 heteroatoms. The summed E-state index contributed by atoms with van der Waals surface area (Å²) in [5.74, 6) is 0.775. The summed E-state index contributed by atoms with van der Waals surface area (Å²) in [6.07, 6.45) is 6.14. The maximum atomic E-state index is 5.67. The summed E-state index contributed by atoms with van der Waals surface area (Å²) in [7, 11) is 0. The van der Waals surface area contributed by atoms with Gasteiger partial charge in [0.2, 0.25) is 0 Å². The van der Waals surface area contributed by atoms with Gasteiger partial charge in [-0.1, -0.05) is 18.2 Å². The molecule has 0 N–H and O–H groups in total. The molecule has 0 amide bonds. The summed E-state index contributed by atoms with van der Waals surface area (Å²) in [4.78, 5) is 0. The van der Waals surface area contributed by atoms with Crippen LogP contribution in [0.4, 0.5) is 0 Å². The van der Waals surface area contributed by atoms with Crippen molar-refractivity contribution in [2.45, 2.75) is 32.1 Å². The van der Waals surface area contributed by atoms with Gasteiger partial charge in [-0.25, -0.2) is 0 Å². The number of alkyl halides is 1. The summed E-state index contributed by atoms with van der Waals surface area (Å²) in [5, 5.41) is 0. The summed E-state index contributed by atoms with van der Waals surface area (Å²) in [6.45, 7) is 0. The van der Waals surface area contributed by atoms with Crippen LogP contribution in [0.2, 0.25) is 0 Å². The monoisotopic (exact) mass is 194 g/mol. The quantitative estimate of drug-likeness (QED) is 0.648. The molecule has 1 aliphatic carbocycles. The van der Waals surface area contributed by atoms with Crippen molar-refractivity contribution >= 4 is 11.6 Å². The van der Waals surface area contributed by atoms with Crippen LogP contribution < -0.4 is 0 Å². The van der Waals surface area contributed by atoms with Crippen LogP contribution in [0.3, 0.4) is 0 Å². The second kappa shape index (κ2) is 4.15. The molecule has 70 valence electrons. The molecule has 0 bridgehead atoms. The molecule has 0 heterocycles. The molecule has 0 fully saturated rings. The van der Waals surface area contributed by atoms with Gasteiger partial charge in [0.25, 0.3) is 0 Å². The normalized spacial score (nSPS) is 14.5. The van der Waals surface area contributed by atoms with Crippen molar-refractivity contribution in [1.82, 2.24) is 0 Å². The zero-order chi connectivity index (χ0) is 9.10. The highest BCUT2D eigenvalue weighted by Crippen LogP contribution is 2.23. The Hall–Kier alpha value is -0.490. The van der Waals surface area contributed by atoms with E-state index in [9.17, 15) is 0 Å². The van der Waals surface area contributed by atoms with Gasteiger partial charge in [0.1, 0.15) is 0 Å². The third-order valence-corrected chi connectivity index (χ3v) is 3.03. The Balaban J connectivity index is 2.12. The van der Waals surface area contributed by atoms with Crippen molar-refractivity contribution < 1.29 is 0 Å². The Morgan fingerprint density at radius 2 is 2.00 bits per heavy atom. The van der Waals surface area contributed by atoms with Crippen LogP contribution in [-0.4, -0.2) is 5.88 Å². The van der Waals surface area contributed by atoms with E-state index in [0.29, 0.717) is 0 Å². The van der Waals surface area contributed by atoms with Crippen LogP contribution in [0.5, 0.6) is 0 Å². The van der Waals surface area contributed by atoms with Gasteiger partial charge >= 0.3 is 0 Å². The van der Waals surface area contributed by atoms with Gasteiger partial charge in [0.15, 0.2) is 0 Å². The molecule has 0 aromatic heterocycles. The Kier molecular flexibility index (Phi) is 2.90. The van der Waals surface area contributed by atoms with E-state index in [0.717, 1.165) is 18.7 Å². The lowest BCUT2D eigenvalue weighted by Crippen LogP contribution is -1.89. The molecule has 0 radical (unpaired) electrons. The molecular weight excluding hydrogens is 180 g/mol. The lowest BCUT2D eigenvalue weighted by molar-refractivity contribution is 0.908. The smallest absolute Gasteiger partial charge is 0.0226 e. The molecule has 13 heavy (non-hydrogen) atoms. The van der Waals surface area contributed by atoms with Crippen molar-refractivity contribution in [2.75, 3.05) is 5.88 Å². The second-order valence-electron chi connectivity index (χ2n) is 3.75. The Morgan fingerprint density at radius 1 is 1.15 bits per heavy atom. The van der Waals surface area contributed by atoms with E-state index in [1.165, 1.54) is 24.8 Å². The van der Waals surface area contributed by atoms with Crippen LogP contribution in [0.25, 0.3) is 0 Å². The molecule has 1 aromatic rings. The maximum Gasteiger partial charge on any atom is 0.0226 e. The highest BCUT2D eigenvalue weighted by Gasteiger charge is 2.10. The predicted molar refractivity (Wildman–Crippen MR) is 57.5 cm³/mol. The number of hydrogen-bond donors (Lipinski definition) is 0. The van der Waals surface area contributed by atoms with E-state index in [1.807, 2.05) is 0 Å². The van der Waals surface area contributed by atoms with Crippen molar-refractivity contribution in [3.63, 3.8) is 0 Å². The summed E-state index contributed by atoms with van der Waals surface area (Å²) in [6, 6.07) is 6.93. The van der Waals surface area contributed by atoms with E-state index in [-0.39, 0.29) is 0 Å². The van der Waals surface area contributed by atoms with Crippen LogP contribution in [-0.2, 0) is 19.3 Å². The Morgan fingerprint density at radius 3 is 2.85 bits per heavy atom. The fourth-order valence-corrected chi connectivity index (χ4v) is 2.19. The predicted octanol–water partition coefficient (Wildman–Crippen LogP) is 3.35. The van der Waals surface area contributed by atoms with Crippen LogP contribution in [0.15, 0.2) is 18.2 Å². The van der Waals surface area contributed by atoms with Crippen molar-refractivity contribution in [2.24, 2.45) is 0 Å². The van der Waals surface area contributed by atoms with E-state index in [1.54, 1.807) is 11.1 Å². The molecule has 0 atom stereocenters. The van der Waals surface area contributed by atoms with E-state index in [2.05, 4.69) is 18.2 Å². The van der Waals surface area contributed by atoms with Crippen molar-refractivity contribution in [3.05, 3.63) is 34.9 Å². The lowest BCUT2D eigenvalue weighted by atomic mass is 10.0. The summed E-state index contributed by atoms with van der Waals surface area (Å²) < 4.78 is 0. The first kappa shape index (κ1) is 9.08. The highest BCUT2D eigenvalue weighted by atomic mass is 35.5. The van der Waals surface area contributed by atoms with Crippen molar-refractivity contribution in [3.8, 4) is 0 Å². The fourth-order valence-electron chi connectivity index (χ4n) is 2.05. The third-order valence-electron chi connectivity index (χ3n) is 2.76. The van der Waals surface area contributed by atoms with E-state index >= 15 is 0 Å². The molecule has 2 rings (SSSR count). The molecular formula is C12H15Cl. The average molecular weight is 195 g/mol. The molecule has 0 spiro atoms. The topological polar surface area (TPSA) is 0 Å². The first-order valence-corrected chi connectivity index (χ1v) is 5.60. The van der Waals surface area contributed by atoms with Crippen LogP contribution in [0.1, 0.15) is 29.5 Å². The minimum atomic E-state index is 0.775. The minimum absolute atomic E-state index is 0.775. The van der Waals surface area contributed by atoms with Gasteiger partial charge in [-0.05, 0) is 48.8 Å². The summed E-state index contributed by atoms with van der Waals surface area (Å²) in [5.41, 5.74) is 4.60. The van der Waals surface area contributed by atoms with Gasteiger partial charge < -0.3 is 0 Å². The summed E-state index contributed by atoms with van der Waals surface area (Å²) >= 11 is 5.67. The zero-order valence-corrected chi connectivity index (χ0v) is 8.61. The standard InChI is InChI=1S/C12H15Cl/c13-8-2-3-10-6-7-11-4-1-5-12(11)9-10/h6-7,9H,1-5,8H2. The second-order valence-corrected chi connectivity index (χ2v) is 4.13. The van der Waals surface area contributed by atoms with Gasteiger partial charge in [0.05, 0.1) is 0 Å². The van der Waals surface area contributed by atoms with Crippen molar-refractivity contribution in [1.29, 1.82) is 0 Å².